The van der Waals surface area contributed by atoms with Crippen molar-refractivity contribution in [3.8, 4) is 5.88 Å². The summed E-state index contributed by atoms with van der Waals surface area (Å²) < 4.78 is 26.6. The maximum Gasteiger partial charge on any atom is 0.247 e. The van der Waals surface area contributed by atoms with Crippen LogP contribution in [-0.4, -0.2) is 89.2 Å². The molecule has 2 saturated heterocycles. The van der Waals surface area contributed by atoms with Gasteiger partial charge in [0.2, 0.25) is 11.8 Å². The SMILES string of the molecule is C1COC1.C=O.C=O.CCCO.CN.Cn1c(CN2CCC(c3cccc(OCc4ccc(Cl)cc4F)n3)CC2)nc2cc(CC(=O)NO)ccc21. The van der Waals surface area contributed by atoms with Gasteiger partial charge in [0, 0.05) is 55.1 Å². The molecule has 6 rings (SSSR count). The average molecular weight is 747 g/mol. The molecule has 286 valence electrons. The molecule has 0 radical (unpaired) electrons. The standard InChI is InChI=1S/C28H29ClFN5O3.C3H6O.C3H8O.CH5N.2CH2O/c1-34-25-8-5-18(14-27(36)33-37)13-24(25)31-26(34)16-35-11-9-19(10-12-35)23-3-2-4-28(32-23)38-17-20-6-7-21(29)15-22(20)30;1-2-4-3-1;1-2-3-4;3*1-2/h2-8,13,15,19,37H,9-12,14,16-17H2,1H3,(H,33,36);1-3H2;4H,2-3H2,1H3;2H2,1H3;2*1H2. The summed E-state index contributed by atoms with van der Waals surface area (Å²) in [5.74, 6) is 0.921. The number of piperidine rings is 1. The van der Waals surface area contributed by atoms with E-state index < -0.39 is 11.7 Å². The molecule has 5 N–H and O–H groups in total. The number of hydrogen-bond donors (Lipinski definition) is 4. The minimum Gasteiger partial charge on any atom is -0.473 e. The molecule has 2 fully saturated rings. The molecule has 2 aromatic carbocycles. The van der Waals surface area contributed by atoms with E-state index in [4.69, 9.17) is 50.9 Å². The molecule has 0 aliphatic carbocycles. The minimum atomic E-state index is -0.453. The predicted molar refractivity (Wildman–Crippen MR) is 199 cm³/mol. The van der Waals surface area contributed by atoms with Gasteiger partial charge < -0.3 is 34.5 Å². The number of aromatic nitrogens is 3. The van der Waals surface area contributed by atoms with Crippen molar-refractivity contribution in [1.82, 2.24) is 24.9 Å². The van der Waals surface area contributed by atoms with Gasteiger partial charge in [-0.15, -0.1) is 0 Å². The van der Waals surface area contributed by atoms with Crippen LogP contribution in [0, 0.1) is 5.82 Å². The Kier molecular flexibility index (Phi) is 23.3. The van der Waals surface area contributed by atoms with Crippen LogP contribution in [-0.2, 0) is 45.7 Å². The van der Waals surface area contributed by atoms with Crippen LogP contribution in [0.3, 0.4) is 0 Å². The first-order valence-electron chi connectivity index (χ1n) is 16.8. The number of rotatable bonds is 9. The fourth-order valence-corrected chi connectivity index (χ4v) is 5.19. The van der Waals surface area contributed by atoms with E-state index in [-0.39, 0.29) is 13.0 Å². The van der Waals surface area contributed by atoms with Crippen LogP contribution >= 0.6 is 11.6 Å². The van der Waals surface area contributed by atoms with Gasteiger partial charge in [-0.25, -0.2) is 19.8 Å². The lowest BCUT2D eigenvalue weighted by Crippen LogP contribution is -2.33. The largest absolute Gasteiger partial charge is 0.473 e. The zero-order valence-corrected chi connectivity index (χ0v) is 31.0. The summed E-state index contributed by atoms with van der Waals surface area (Å²) in [6.07, 6.45) is 4.18. The van der Waals surface area contributed by atoms with Crippen molar-refractivity contribution in [3.05, 3.63) is 88.1 Å². The van der Waals surface area contributed by atoms with Crippen molar-refractivity contribution in [2.45, 2.75) is 58.1 Å². The Labute approximate surface area is 309 Å². The summed E-state index contributed by atoms with van der Waals surface area (Å²) in [5, 5.41) is 17.0. The zero-order chi connectivity index (χ0) is 38.9. The summed E-state index contributed by atoms with van der Waals surface area (Å²) in [5.41, 5.74) is 10.2. The number of carbonyl (C=O) groups is 3. The number of likely N-dealkylation sites (tertiary alicyclic amines) is 1. The third-order valence-electron chi connectivity index (χ3n) is 7.83. The first kappa shape index (κ1) is 45.7. The van der Waals surface area contributed by atoms with Crippen molar-refractivity contribution in [2.75, 3.05) is 40.0 Å². The van der Waals surface area contributed by atoms with E-state index in [0.29, 0.717) is 29.0 Å². The van der Waals surface area contributed by atoms with Crippen molar-refractivity contribution in [1.29, 1.82) is 0 Å². The Bertz CT molecular complexity index is 1590. The van der Waals surface area contributed by atoms with Crippen LogP contribution < -0.4 is 16.0 Å². The fraction of sp³-hybridized carbons (Fsp3) is 0.432. The lowest BCUT2D eigenvalue weighted by atomic mass is 9.93. The number of nitrogens with two attached hydrogens (primary N) is 1. The van der Waals surface area contributed by atoms with Crippen LogP contribution in [0.2, 0.25) is 5.02 Å². The van der Waals surface area contributed by atoms with E-state index in [1.165, 1.54) is 19.5 Å². The van der Waals surface area contributed by atoms with Gasteiger partial charge in [-0.05, 0) is 81.7 Å². The molecular formula is C37H52ClFN6O7. The van der Waals surface area contributed by atoms with Crippen LogP contribution in [0.15, 0.2) is 54.6 Å². The third kappa shape index (κ3) is 15.1. The third-order valence-corrected chi connectivity index (χ3v) is 8.07. The Hall–Kier alpha value is -4.31. The number of amides is 1. The maximum atomic E-state index is 14.1. The van der Waals surface area contributed by atoms with Gasteiger partial charge in [0.15, 0.2) is 0 Å². The second kappa shape index (κ2) is 26.5. The van der Waals surface area contributed by atoms with Crippen LogP contribution in [0.4, 0.5) is 4.39 Å². The van der Waals surface area contributed by atoms with Crippen molar-refractivity contribution < 1.29 is 38.6 Å². The minimum absolute atomic E-state index is 0.0893. The number of hydrogen-bond acceptors (Lipinski definition) is 11. The predicted octanol–water partition coefficient (Wildman–Crippen LogP) is 4.77. The first-order chi connectivity index (χ1) is 25.3. The van der Waals surface area contributed by atoms with Crippen molar-refractivity contribution in [2.24, 2.45) is 12.8 Å². The summed E-state index contributed by atoms with van der Waals surface area (Å²) in [6.45, 7) is 10.9. The van der Waals surface area contributed by atoms with E-state index in [1.807, 2.05) is 57.9 Å². The molecule has 52 heavy (non-hydrogen) atoms. The maximum absolute atomic E-state index is 14.1. The van der Waals surface area contributed by atoms with Gasteiger partial charge >= 0.3 is 0 Å². The number of imidazole rings is 1. The molecule has 0 bridgehead atoms. The molecule has 1 amide bonds. The van der Waals surface area contributed by atoms with Gasteiger partial charge in [-0.1, -0.05) is 36.7 Å². The number of nitrogens with zero attached hydrogens (tertiary/aromatic N) is 4. The molecular weight excluding hydrogens is 695 g/mol. The molecule has 0 atom stereocenters. The second-order valence-corrected chi connectivity index (χ2v) is 11.7. The highest BCUT2D eigenvalue weighted by molar-refractivity contribution is 6.30. The Balaban J connectivity index is 0.000000834. The number of aliphatic hydroxyl groups excluding tert-OH is 1. The number of nitrogens with one attached hydrogen (secondary N) is 1. The zero-order valence-electron chi connectivity index (χ0n) is 30.2. The Morgan fingerprint density at radius 2 is 1.71 bits per heavy atom. The second-order valence-electron chi connectivity index (χ2n) is 11.3. The Morgan fingerprint density at radius 3 is 2.27 bits per heavy atom. The number of benzene rings is 2. The number of aryl methyl sites for hydroxylation is 1. The van der Waals surface area contributed by atoms with Crippen LogP contribution in [0.1, 0.15) is 61.2 Å². The number of aliphatic hydroxyl groups is 1. The van der Waals surface area contributed by atoms with E-state index in [2.05, 4.69) is 15.2 Å². The topological polar surface area (TPSA) is 182 Å². The monoisotopic (exact) mass is 746 g/mol. The molecule has 4 heterocycles. The van der Waals surface area contributed by atoms with E-state index >= 15 is 0 Å². The molecule has 0 saturated carbocycles. The van der Waals surface area contributed by atoms with Gasteiger partial charge in [-0.2, -0.15) is 0 Å². The smallest absolute Gasteiger partial charge is 0.247 e. The Morgan fingerprint density at radius 1 is 1.08 bits per heavy atom. The number of halogens is 2. The van der Waals surface area contributed by atoms with E-state index in [1.54, 1.807) is 23.7 Å². The highest BCUT2D eigenvalue weighted by atomic mass is 35.5. The van der Waals surface area contributed by atoms with Gasteiger partial charge in [0.1, 0.15) is 31.8 Å². The molecule has 2 aliphatic rings. The van der Waals surface area contributed by atoms with E-state index in [0.717, 1.165) is 80.2 Å². The summed E-state index contributed by atoms with van der Waals surface area (Å²) in [4.78, 5) is 39.4. The van der Waals surface area contributed by atoms with E-state index in [9.17, 15) is 9.18 Å². The molecule has 2 aromatic heterocycles. The molecule has 0 spiro atoms. The first-order valence-corrected chi connectivity index (χ1v) is 17.2. The van der Waals surface area contributed by atoms with Gasteiger partial charge in [0.25, 0.3) is 0 Å². The molecule has 0 unspecified atom stereocenters. The quantitative estimate of drug-likeness (QED) is 0.137. The number of hydroxylamine groups is 1. The van der Waals surface area contributed by atoms with Crippen molar-refractivity contribution in [3.63, 3.8) is 0 Å². The lowest BCUT2D eigenvalue weighted by molar-refractivity contribution is -0.128. The lowest BCUT2D eigenvalue weighted by Gasteiger charge is -2.31. The van der Waals surface area contributed by atoms with Gasteiger partial charge in [-0.3, -0.25) is 14.9 Å². The summed E-state index contributed by atoms with van der Waals surface area (Å²) in [6, 6.07) is 16.0. The highest BCUT2D eigenvalue weighted by Crippen LogP contribution is 2.29. The molecule has 2 aliphatic heterocycles. The highest BCUT2D eigenvalue weighted by Gasteiger charge is 2.23. The summed E-state index contributed by atoms with van der Waals surface area (Å²) >= 11 is 5.83. The van der Waals surface area contributed by atoms with Crippen LogP contribution in [0.5, 0.6) is 5.88 Å². The number of fused-ring (bicyclic) bond motifs is 1. The molecule has 4 aromatic rings. The number of carbonyl (C=O) groups excluding carboxylic acids is 3. The molecule has 15 heteroatoms. The number of ether oxygens (including phenoxy) is 2. The van der Waals surface area contributed by atoms with Crippen LogP contribution in [0.25, 0.3) is 11.0 Å². The normalized spacial score (nSPS) is 13.4. The fourth-order valence-electron chi connectivity index (χ4n) is 5.03. The summed E-state index contributed by atoms with van der Waals surface area (Å²) in [7, 11) is 3.50. The molecule has 13 nitrogen and oxygen atoms in total. The van der Waals surface area contributed by atoms with Crippen molar-refractivity contribution >= 4 is 42.1 Å². The average Bonchev–Trinajstić information content (AvgIpc) is 3.46. The van der Waals surface area contributed by atoms with Gasteiger partial charge in [0.05, 0.1) is 24.0 Å². The number of pyridine rings is 1.